The molecule has 0 aromatic heterocycles. The molecule has 0 aliphatic heterocycles. The summed E-state index contributed by atoms with van der Waals surface area (Å²) < 4.78 is 0. The standard InChI is InChI=1S/C32H33NO3P2.Na/c34-31(21-22-32(35)36)33(23-25-37(27-13-5-1-6-14-27)28-15-7-2-8-16-28)24-26-38(29-17-9-3-10-18-29)30-19-11-4-12-20-30;/h1-20H,21-26H2,(H,35,36);/q;+1. The molecule has 0 unspecified atom stereocenters. The molecule has 4 rings (SSSR count). The zero-order valence-electron chi connectivity index (χ0n) is 22.4. The van der Waals surface area contributed by atoms with Crippen LogP contribution in [0.3, 0.4) is 0 Å². The Balaban J connectivity index is 0.00000420. The summed E-state index contributed by atoms with van der Waals surface area (Å²) in [7, 11) is -1.30. The number of hydrogen-bond acceptors (Lipinski definition) is 2. The molecule has 4 nitrogen and oxygen atoms in total. The Morgan fingerprint density at radius 1 is 0.538 bits per heavy atom. The minimum absolute atomic E-state index is 0. The quantitative estimate of drug-likeness (QED) is 0.200. The van der Waals surface area contributed by atoms with Crippen molar-refractivity contribution in [3.05, 3.63) is 121 Å². The topological polar surface area (TPSA) is 57.6 Å². The van der Waals surface area contributed by atoms with E-state index in [9.17, 15) is 14.7 Å². The third kappa shape index (κ3) is 9.67. The molecule has 0 spiro atoms. The normalized spacial score (nSPS) is 10.7. The maximum atomic E-state index is 13.3. The summed E-state index contributed by atoms with van der Waals surface area (Å²) in [5.41, 5.74) is 0. The molecular formula is C32H33NNaO3P2+. The number of benzene rings is 4. The Hall–Kier alpha value is -2.32. The first kappa shape index (κ1) is 31.2. The number of rotatable bonds is 13. The van der Waals surface area contributed by atoms with Gasteiger partial charge in [-0.05, 0) is 49.4 Å². The smallest absolute Gasteiger partial charge is 0.481 e. The minimum Gasteiger partial charge on any atom is -0.481 e. The number of carboxylic acids is 1. The number of nitrogens with zero attached hydrogens (tertiary/aromatic N) is 1. The molecule has 0 aliphatic carbocycles. The molecular weight excluding hydrogens is 531 g/mol. The molecule has 0 radical (unpaired) electrons. The Bertz CT molecular complexity index is 1110. The number of amides is 1. The van der Waals surface area contributed by atoms with Crippen LogP contribution in [0, 0.1) is 0 Å². The summed E-state index contributed by atoms with van der Waals surface area (Å²) in [4.78, 5) is 26.4. The molecule has 0 saturated carbocycles. The van der Waals surface area contributed by atoms with E-state index < -0.39 is 21.8 Å². The number of carboxylic acid groups (broad SMARTS) is 1. The molecule has 0 heterocycles. The fourth-order valence-corrected chi connectivity index (χ4v) is 9.06. The maximum Gasteiger partial charge on any atom is 1.00 e. The van der Waals surface area contributed by atoms with E-state index >= 15 is 0 Å². The summed E-state index contributed by atoms with van der Waals surface area (Å²) in [5, 5.41) is 14.3. The van der Waals surface area contributed by atoms with Gasteiger partial charge in [0.15, 0.2) is 0 Å². The van der Waals surface area contributed by atoms with Crippen LogP contribution >= 0.6 is 15.8 Å². The second kappa shape index (κ2) is 16.7. The van der Waals surface area contributed by atoms with Gasteiger partial charge in [0.25, 0.3) is 0 Å². The molecule has 0 aliphatic rings. The van der Waals surface area contributed by atoms with Gasteiger partial charge >= 0.3 is 35.5 Å². The predicted molar refractivity (Wildman–Crippen MR) is 161 cm³/mol. The largest absolute Gasteiger partial charge is 1.00 e. The van der Waals surface area contributed by atoms with Gasteiger partial charge in [0, 0.05) is 19.5 Å². The van der Waals surface area contributed by atoms with E-state index in [4.69, 9.17) is 0 Å². The van der Waals surface area contributed by atoms with Crippen LogP contribution in [0.25, 0.3) is 0 Å². The zero-order chi connectivity index (χ0) is 26.6. The van der Waals surface area contributed by atoms with E-state index in [1.165, 1.54) is 21.2 Å². The molecule has 194 valence electrons. The van der Waals surface area contributed by atoms with Crippen LogP contribution in [0.5, 0.6) is 0 Å². The third-order valence-electron chi connectivity index (χ3n) is 6.36. The number of aliphatic carboxylic acids is 1. The predicted octanol–water partition coefficient (Wildman–Crippen LogP) is 1.95. The Morgan fingerprint density at radius 3 is 1.13 bits per heavy atom. The minimum atomic E-state index is -0.940. The molecule has 0 bridgehead atoms. The van der Waals surface area contributed by atoms with Crippen molar-refractivity contribution < 1.29 is 44.3 Å². The molecule has 4 aromatic carbocycles. The van der Waals surface area contributed by atoms with Crippen LogP contribution in [0.15, 0.2) is 121 Å². The van der Waals surface area contributed by atoms with Crippen molar-refractivity contribution >= 4 is 48.9 Å². The molecule has 1 N–H and O–H groups in total. The van der Waals surface area contributed by atoms with E-state index in [0.29, 0.717) is 13.1 Å². The van der Waals surface area contributed by atoms with Gasteiger partial charge in [-0.15, -0.1) is 0 Å². The first-order valence-corrected chi connectivity index (χ1v) is 15.9. The van der Waals surface area contributed by atoms with Crippen molar-refractivity contribution in [3.63, 3.8) is 0 Å². The van der Waals surface area contributed by atoms with Crippen molar-refractivity contribution in [1.29, 1.82) is 0 Å². The van der Waals surface area contributed by atoms with E-state index in [1.807, 2.05) is 29.2 Å². The van der Waals surface area contributed by atoms with Crippen molar-refractivity contribution in [3.8, 4) is 0 Å². The van der Waals surface area contributed by atoms with E-state index in [2.05, 4.69) is 97.1 Å². The average molecular weight is 565 g/mol. The van der Waals surface area contributed by atoms with E-state index in [1.54, 1.807) is 0 Å². The Morgan fingerprint density at radius 2 is 0.846 bits per heavy atom. The molecule has 39 heavy (non-hydrogen) atoms. The van der Waals surface area contributed by atoms with Crippen molar-refractivity contribution in [1.82, 2.24) is 4.90 Å². The second-order valence-electron chi connectivity index (χ2n) is 8.92. The van der Waals surface area contributed by atoms with Crippen LogP contribution < -0.4 is 50.8 Å². The molecule has 7 heteroatoms. The van der Waals surface area contributed by atoms with Crippen LogP contribution in [0.1, 0.15) is 12.8 Å². The summed E-state index contributed by atoms with van der Waals surface area (Å²) >= 11 is 0. The molecule has 4 aromatic rings. The van der Waals surface area contributed by atoms with Gasteiger partial charge in [0.1, 0.15) is 0 Å². The third-order valence-corrected chi connectivity index (χ3v) is 11.3. The molecule has 0 atom stereocenters. The maximum absolute atomic E-state index is 13.3. The van der Waals surface area contributed by atoms with Crippen LogP contribution in [-0.2, 0) is 9.59 Å². The van der Waals surface area contributed by atoms with Crippen molar-refractivity contribution in [2.45, 2.75) is 12.8 Å². The van der Waals surface area contributed by atoms with Gasteiger partial charge in [-0.3, -0.25) is 9.59 Å². The Labute approximate surface area is 256 Å². The average Bonchev–Trinajstić information content (AvgIpc) is 2.97. The van der Waals surface area contributed by atoms with E-state index in [0.717, 1.165) is 12.3 Å². The SMILES string of the molecule is O=C(O)CCC(=O)N(CCP(c1ccccc1)c1ccccc1)CCP(c1ccccc1)c1ccccc1.[Na+]. The number of carbonyl (C=O) groups excluding carboxylic acids is 1. The van der Waals surface area contributed by atoms with Gasteiger partial charge < -0.3 is 10.0 Å². The zero-order valence-corrected chi connectivity index (χ0v) is 26.2. The Kier molecular flexibility index (Phi) is 13.4. The van der Waals surface area contributed by atoms with Gasteiger partial charge in [-0.2, -0.15) is 0 Å². The van der Waals surface area contributed by atoms with Crippen molar-refractivity contribution in [2.75, 3.05) is 25.4 Å². The summed E-state index contributed by atoms with van der Waals surface area (Å²) in [6.45, 7) is 1.20. The van der Waals surface area contributed by atoms with E-state index in [-0.39, 0.29) is 48.3 Å². The van der Waals surface area contributed by atoms with Crippen LogP contribution in [0.4, 0.5) is 0 Å². The second-order valence-corrected chi connectivity index (χ2v) is 13.6. The summed E-state index contributed by atoms with van der Waals surface area (Å²) in [5.74, 6) is -1.02. The first-order chi connectivity index (χ1) is 18.6. The summed E-state index contributed by atoms with van der Waals surface area (Å²) in [6, 6.07) is 42.0. The molecule has 1 amide bonds. The monoisotopic (exact) mass is 564 g/mol. The fraction of sp³-hybridized carbons (Fsp3) is 0.188. The first-order valence-electron chi connectivity index (χ1n) is 12.9. The molecule has 0 fully saturated rings. The number of carbonyl (C=O) groups is 2. The van der Waals surface area contributed by atoms with Gasteiger partial charge in [-0.25, -0.2) is 0 Å². The van der Waals surface area contributed by atoms with Gasteiger partial charge in [0.05, 0.1) is 6.42 Å². The molecule has 0 saturated heterocycles. The fourth-order valence-electron chi connectivity index (χ4n) is 4.42. The van der Waals surface area contributed by atoms with Crippen LogP contribution in [-0.4, -0.2) is 47.3 Å². The van der Waals surface area contributed by atoms with Gasteiger partial charge in [0.2, 0.25) is 5.91 Å². The van der Waals surface area contributed by atoms with Gasteiger partial charge in [-0.1, -0.05) is 121 Å². The van der Waals surface area contributed by atoms with Crippen molar-refractivity contribution in [2.24, 2.45) is 0 Å². The number of hydrogen-bond donors (Lipinski definition) is 1. The summed E-state index contributed by atoms with van der Waals surface area (Å²) in [6.07, 6.45) is 1.54. The van der Waals surface area contributed by atoms with Crippen LogP contribution in [0.2, 0.25) is 0 Å².